The number of carbonyl (C=O) groups excluding carboxylic acids is 3. The van der Waals surface area contributed by atoms with Crippen LogP contribution in [0.25, 0.3) is 22.3 Å². The van der Waals surface area contributed by atoms with Gasteiger partial charge in [-0.1, -0.05) is 61.7 Å². The highest BCUT2D eigenvalue weighted by atomic mass is 16.6. The fourth-order valence-electron chi connectivity index (χ4n) is 6.08. The summed E-state index contributed by atoms with van der Waals surface area (Å²) in [5.41, 5.74) is 4.86. The number of carboxylic acids is 1. The van der Waals surface area contributed by atoms with Gasteiger partial charge in [-0.05, 0) is 119 Å². The van der Waals surface area contributed by atoms with Gasteiger partial charge < -0.3 is 62.3 Å². The van der Waals surface area contributed by atoms with E-state index in [4.69, 9.17) is 62.3 Å². The van der Waals surface area contributed by atoms with Crippen molar-refractivity contribution < 1.29 is 81.5 Å². The number of carbonyl (C=O) groups is 4. The van der Waals surface area contributed by atoms with Crippen LogP contribution in [0.1, 0.15) is 20.7 Å². The van der Waals surface area contributed by atoms with E-state index in [-0.39, 0.29) is 24.5 Å². The number of aromatic hydroxyl groups is 1. The summed E-state index contributed by atoms with van der Waals surface area (Å²) in [6, 6.07) is 42.9. The van der Waals surface area contributed by atoms with Crippen LogP contribution in [0, 0.1) is 0 Å². The zero-order valence-corrected chi connectivity index (χ0v) is 41.9. The number of methoxy groups -OCH3 is 2. The smallest absolute Gasteiger partial charge is 0.343 e. The Bertz CT molecular complexity index is 2600. The quantitative estimate of drug-likeness (QED) is 0.0194. The Hall–Kier alpha value is -8.48. The molecule has 6 aromatic rings. The first-order valence-corrected chi connectivity index (χ1v) is 23.5. The van der Waals surface area contributed by atoms with E-state index in [0.29, 0.717) is 88.9 Å². The van der Waals surface area contributed by atoms with Crippen molar-refractivity contribution in [3.63, 3.8) is 0 Å². The van der Waals surface area contributed by atoms with E-state index in [2.05, 4.69) is 13.2 Å². The van der Waals surface area contributed by atoms with Crippen molar-refractivity contribution in [2.45, 2.75) is 0 Å². The molecule has 75 heavy (non-hydrogen) atoms. The molecule has 0 unspecified atom stereocenters. The lowest BCUT2D eigenvalue weighted by atomic mass is 10.1. The van der Waals surface area contributed by atoms with Crippen LogP contribution < -0.4 is 23.7 Å². The largest absolute Gasteiger partial charge is 0.508 e. The molecular formula is C58H62O17. The van der Waals surface area contributed by atoms with Crippen LogP contribution in [0.2, 0.25) is 0 Å². The molecule has 0 aromatic heterocycles. The third kappa shape index (κ3) is 23.7. The van der Waals surface area contributed by atoms with E-state index in [9.17, 15) is 19.2 Å². The van der Waals surface area contributed by atoms with Crippen LogP contribution in [0.4, 0.5) is 0 Å². The molecule has 0 radical (unpaired) electrons. The molecule has 17 nitrogen and oxygen atoms in total. The maximum atomic E-state index is 12.5. The van der Waals surface area contributed by atoms with Gasteiger partial charge >= 0.3 is 23.9 Å². The Morgan fingerprint density at radius 1 is 0.400 bits per heavy atom. The molecule has 0 fully saturated rings. The monoisotopic (exact) mass is 1030 g/mol. The standard InChI is InChI=1S/C29H30O8.C16H20O7.C13H12O2/c1-3-28(30)36-21-19-34-17-16-33-18-20-35-26-12-8-24(9-13-26)29(31)37-27-14-6-23(7-15-27)22-4-10-25(32-2)11-5-22;1-2-15(17)23-12-10-21-8-7-20-9-11-22-14-5-3-13(4-6-14)16(18)19;1-15-13-8-4-11(5-9-13)10-2-6-12(14)7-3-10/h3-15H,1,16-21H2,2H3;2-6H,1,7-12H2,(H,18,19);2-9,14H,1H3. The van der Waals surface area contributed by atoms with Crippen molar-refractivity contribution in [3.05, 3.63) is 182 Å². The topological polar surface area (TPSA) is 210 Å². The van der Waals surface area contributed by atoms with Crippen LogP contribution in [0.3, 0.4) is 0 Å². The van der Waals surface area contributed by atoms with Crippen LogP contribution in [0.5, 0.6) is 34.5 Å². The zero-order chi connectivity index (χ0) is 53.9. The molecule has 0 amide bonds. The molecule has 17 heteroatoms. The number of carboxylic acid groups (broad SMARTS) is 1. The lowest BCUT2D eigenvalue weighted by Crippen LogP contribution is -2.13. The molecule has 0 saturated carbocycles. The van der Waals surface area contributed by atoms with Gasteiger partial charge in [0.25, 0.3) is 0 Å². The van der Waals surface area contributed by atoms with Gasteiger partial charge in [0.05, 0.1) is 78.2 Å². The number of benzene rings is 6. The van der Waals surface area contributed by atoms with Crippen molar-refractivity contribution in [3.8, 4) is 56.8 Å². The van der Waals surface area contributed by atoms with Crippen molar-refractivity contribution in [1.29, 1.82) is 0 Å². The first-order chi connectivity index (χ1) is 36.5. The van der Waals surface area contributed by atoms with E-state index >= 15 is 0 Å². The van der Waals surface area contributed by atoms with Crippen molar-refractivity contribution in [2.24, 2.45) is 0 Å². The lowest BCUT2D eigenvalue weighted by molar-refractivity contribution is -0.140. The van der Waals surface area contributed by atoms with E-state index in [1.165, 1.54) is 12.1 Å². The molecular weight excluding hydrogens is 969 g/mol. The van der Waals surface area contributed by atoms with Gasteiger partial charge in [-0.15, -0.1) is 0 Å². The summed E-state index contributed by atoms with van der Waals surface area (Å²) >= 11 is 0. The lowest BCUT2D eigenvalue weighted by Gasteiger charge is -2.09. The Labute approximate surface area is 436 Å². The summed E-state index contributed by atoms with van der Waals surface area (Å²) in [5.74, 6) is 1.21. The van der Waals surface area contributed by atoms with Gasteiger partial charge in [0.15, 0.2) is 0 Å². The number of rotatable bonds is 29. The first-order valence-electron chi connectivity index (χ1n) is 23.5. The summed E-state index contributed by atoms with van der Waals surface area (Å²) in [7, 11) is 3.28. The molecule has 0 aliphatic heterocycles. The van der Waals surface area contributed by atoms with Crippen molar-refractivity contribution in [2.75, 3.05) is 93.5 Å². The average Bonchev–Trinajstić information content (AvgIpc) is 3.45. The summed E-state index contributed by atoms with van der Waals surface area (Å²) < 4.78 is 57.5. The number of hydrogen-bond donors (Lipinski definition) is 2. The third-order valence-corrected chi connectivity index (χ3v) is 9.98. The molecule has 396 valence electrons. The van der Waals surface area contributed by atoms with Crippen LogP contribution in [0.15, 0.2) is 171 Å². The van der Waals surface area contributed by atoms with E-state index < -0.39 is 23.9 Å². The average molecular weight is 1030 g/mol. The number of phenols is 1. The molecule has 0 heterocycles. The number of phenolic OH excluding ortho intramolecular Hbond substituents is 1. The summed E-state index contributed by atoms with van der Waals surface area (Å²) in [5, 5.41) is 17.9. The Morgan fingerprint density at radius 3 is 1.05 bits per heavy atom. The van der Waals surface area contributed by atoms with Crippen LogP contribution in [-0.2, 0) is 38.0 Å². The predicted molar refractivity (Wildman–Crippen MR) is 280 cm³/mol. The molecule has 0 atom stereocenters. The Kier molecular flexibility index (Phi) is 27.4. The fourth-order valence-corrected chi connectivity index (χ4v) is 6.08. The second-order valence-corrected chi connectivity index (χ2v) is 15.2. The van der Waals surface area contributed by atoms with Gasteiger partial charge in [-0.3, -0.25) is 0 Å². The van der Waals surface area contributed by atoms with Crippen LogP contribution >= 0.6 is 0 Å². The molecule has 0 spiro atoms. The van der Waals surface area contributed by atoms with Gasteiger partial charge in [-0.2, -0.15) is 0 Å². The molecule has 0 saturated heterocycles. The Balaban J connectivity index is 0.000000271. The number of aromatic carboxylic acids is 1. The molecule has 0 bridgehead atoms. The van der Waals surface area contributed by atoms with E-state index in [1.54, 1.807) is 74.9 Å². The molecule has 6 aromatic carbocycles. The van der Waals surface area contributed by atoms with Crippen molar-refractivity contribution >= 4 is 23.9 Å². The minimum Gasteiger partial charge on any atom is -0.508 e. The summed E-state index contributed by atoms with van der Waals surface area (Å²) in [6.07, 6.45) is 2.20. The van der Waals surface area contributed by atoms with E-state index in [1.807, 2.05) is 72.8 Å². The third-order valence-electron chi connectivity index (χ3n) is 9.98. The molecule has 0 aliphatic carbocycles. The van der Waals surface area contributed by atoms with E-state index in [0.717, 1.165) is 45.9 Å². The molecule has 0 aliphatic rings. The minimum atomic E-state index is -0.973. The number of esters is 3. The van der Waals surface area contributed by atoms with Gasteiger partial charge in [0.1, 0.15) is 60.9 Å². The summed E-state index contributed by atoms with van der Waals surface area (Å²) in [4.78, 5) is 44.8. The SMILES string of the molecule is C=CC(=O)OCCOCCOCCOc1ccc(C(=O)O)cc1.C=CC(=O)OCCOCCOCCOc1ccc(C(=O)Oc2ccc(-c3ccc(OC)cc3)cc2)cc1.COc1ccc(-c2ccc(O)cc2)cc1. The van der Waals surface area contributed by atoms with Crippen LogP contribution in [-0.4, -0.2) is 128 Å². The first kappa shape index (κ1) is 59.1. The highest BCUT2D eigenvalue weighted by Crippen LogP contribution is 2.26. The normalized spacial score (nSPS) is 10.2. The minimum absolute atomic E-state index is 0.175. The second kappa shape index (κ2) is 34.8. The number of hydrogen-bond acceptors (Lipinski definition) is 16. The van der Waals surface area contributed by atoms with Gasteiger partial charge in [0, 0.05) is 12.2 Å². The second-order valence-electron chi connectivity index (χ2n) is 15.2. The highest BCUT2D eigenvalue weighted by Gasteiger charge is 2.10. The maximum absolute atomic E-state index is 12.5. The predicted octanol–water partition coefficient (Wildman–Crippen LogP) is 9.32. The molecule has 6 rings (SSSR count). The molecule has 2 N–H and O–H groups in total. The van der Waals surface area contributed by atoms with Gasteiger partial charge in [-0.25, -0.2) is 19.2 Å². The number of ether oxygens (including phenoxy) is 11. The fraction of sp³-hybridized carbons (Fsp3) is 0.241. The highest BCUT2D eigenvalue weighted by molar-refractivity contribution is 5.91. The zero-order valence-electron chi connectivity index (χ0n) is 41.9. The van der Waals surface area contributed by atoms with Crippen molar-refractivity contribution in [1.82, 2.24) is 0 Å². The maximum Gasteiger partial charge on any atom is 0.343 e. The summed E-state index contributed by atoms with van der Waals surface area (Å²) in [6.45, 7) is 10.6. The van der Waals surface area contributed by atoms with Gasteiger partial charge in [0.2, 0.25) is 0 Å². The Morgan fingerprint density at radius 2 is 0.707 bits per heavy atom.